The topological polar surface area (TPSA) is 51.4 Å². The van der Waals surface area contributed by atoms with E-state index in [1.165, 1.54) is 0 Å². The lowest BCUT2D eigenvalue weighted by atomic mass is 10.1. The summed E-state index contributed by atoms with van der Waals surface area (Å²) in [7, 11) is 2.07. The molecular weight excluding hydrogens is 246 g/mol. The van der Waals surface area contributed by atoms with Crippen LogP contribution in [0.15, 0.2) is 12.1 Å². The van der Waals surface area contributed by atoms with Gasteiger partial charge in [0.05, 0.1) is 0 Å². The fraction of sp³-hybridized carbons (Fsp3) is 0.538. The zero-order valence-electron chi connectivity index (χ0n) is 10.8. The summed E-state index contributed by atoms with van der Waals surface area (Å²) in [5, 5.41) is 0. The van der Waals surface area contributed by atoms with Crippen LogP contribution in [-0.4, -0.2) is 36.3 Å². The second-order valence-electron chi connectivity index (χ2n) is 4.67. The van der Waals surface area contributed by atoms with Crippen molar-refractivity contribution < 1.29 is 4.74 Å². The largest absolute Gasteiger partial charge is 0.389 e. The van der Waals surface area contributed by atoms with Crippen LogP contribution in [0.4, 0.5) is 5.82 Å². The van der Waals surface area contributed by atoms with Gasteiger partial charge in [-0.1, -0.05) is 12.2 Å². The molecule has 1 aliphatic rings. The van der Waals surface area contributed by atoms with E-state index in [1.807, 2.05) is 19.1 Å². The summed E-state index contributed by atoms with van der Waals surface area (Å²) in [5.74, 6) is 0.935. The molecule has 1 aromatic rings. The van der Waals surface area contributed by atoms with Gasteiger partial charge >= 0.3 is 0 Å². The number of rotatable bonds is 3. The first-order valence-corrected chi connectivity index (χ1v) is 6.58. The molecule has 0 unspecified atom stereocenters. The first kappa shape index (κ1) is 13.2. The molecule has 0 bridgehead atoms. The monoisotopic (exact) mass is 265 g/mol. The summed E-state index contributed by atoms with van der Waals surface area (Å²) in [6.07, 6.45) is 2.07. The number of hydrogen-bond acceptors (Lipinski definition) is 4. The van der Waals surface area contributed by atoms with Crippen molar-refractivity contribution >= 4 is 23.0 Å². The molecule has 5 heteroatoms. The van der Waals surface area contributed by atoms with Gasteiger partial charge in [-0.2, -0.15) is 0 Å². The first-order valence-electron chi connectivity index (χ1n) is 6.17. The van der Waals surface area contributed by atoms with E-state index in [2.05, 4.69) is 16.9 Å². The smallest absolute Gasteiger partial charge is 0.129 e. The van der Waals surface area contributed by atoms with E-state index in [4.69, 9.17) is 22.7 Å². The number of hydrogen-bond donors (Lipinski definition) is 1. The van der Waals surface area contributed by atoms with Gasteiger partial charge in [0.2, 0.25) is 0 Å². The van der Waals surface area contributed by atoms with Crippen LogP contribution in [0.3, 0.4) is 0 Å². The van der Waals surface area contributed by atoms with E-state index in [1.54, 1.807) is 0 Å². The lowest BCUT2D eigenvalue weighted by molar-refractivity contribution is 0.0853. The molecule has 0 aliphatic carbocycles. The van der Waals surface area contributed by atoms with Crippen LogP contribution in [0, 0.1) is 6.92 Å². The second kappa shape index (κ2) is 5.63. The molecule has 1 aliphatic heterocycles. The SMILES string of the molecule is Cc1cc(C(N)=S)cc(N(C)C2CCOCC2)n1. The van der Waals surface area contributed by atoms with Gasteiger partial charge in [0.25, 0.3) is 0 Å². The standard InChI is InChI=1S/C13H19N3OS/c1-9-7-10(13(14)18)8-12(15-9)16(2)11-3-5-17-6-4-11/h7-8,11H,3-6H2,1-2H3,(H2,14,18). The predicted octanol–water partition coefficient (Wildman–Crippen LogP) is 1.64. The van der Waals surface area contributed by atoms with Gasteiger partial charge in [-0.05, 0) is 31.9 Å². The molecule has 4 nitrogen and oxygen atoms in total. The van der Waals surface area contributed by atoms with Gasteiger partial charge in [0.15, 0.2) is 0 Å². The van der Waals surface area contributed by atoms with Crippen LogP contribution in [0.5, 0.6) is 0 Å². The molecule has 0 saturated carbocycles. The van der Waals surface area contributed by atoms with Gasteiger partial charge in [-0.3, -0.25) is 0 Å². The number of aryl methyl sites for hydroxylation is 1. The third kappa shape index (κ3) is 2.97. The highest BCUT2D eigenvalue weighted by Gasteiger charge is 2.20. The number of anilines is 1. The predicted molar refractivity (Wildman–Crippen MR) is 77.1 cm³/mol. The van der Waals surface area contributed by atoms with Crippen LogP contribution in [0.1, 0.15) is 24.1 Å². The Hall–Kier alpha value is -1.20. The minimum Gasteiger partial charge on any atom is -0.389 e. The highest BCUT2D eigenvalue weighted by atomic mass is 32.1. The fourth-order valence-corrected chi connectivity index (χ4v) is 2.35. The molecule has 2 N–H and O–H groups in total. The van der Waals surface area contributed by atoms with Crippen molar-refractivity contribution in [1.82, 2.24) is 4.98 Å². The Morgan fingerprint density at radius 3 is 2.72 bits per heavy atom. The zero-order chi connectivity index (χ0) is 13.1. The number of nitrogens with zero attached hydrogens (tertiary/aromatic N) is 2. The molecule has 0 amide bonds. The minimum absolute atomic E-state index is 0.419. The first-order chi connectivity index (χ1) is 8.58. The van der Waals surface area contributed by atoms with Crippen molar-refractivity contribution in [3.05, 3.63) is 23.4 Å². The third-order valence-corrected chi connectivity index (χ3v) is 3.56. The van der Waals surface area contributed by atoms with Crippen molar-refractivity contribution in [3.63, 3.8) is 0 Å². The summed E-state index contributed by atoms with van der Waals surface area (Å²) in [6, 6.07) is 4.36. The van der Waals surface area contributed by atoms with Crippen molar-refractivity contribution in [2.75, 3.05) is 25.2 Å². The van der Waals surface area contributed by atoms with Gasteiger partial charge in [-0.25, -0.2) is 4.98 Å². The molecule has 0 aromatic carbocycles. The van der Waals surface area contributed by atoms with Gasteiger partial charge in [-0.15, -0.1) is 0 Å². The van der Waals surface area contributed by atoms with Gasteiger partial charge in [0, 0.05) is 37.6 Å². The van der Waals surface area contributed by atoms with Crippen LogP contribution >= 0.6 is 12.2 Å². The Morgan fingerprint density at radius 1 is 1.44 bits per heavy atom. The molecule has 1 aromatic heterocycles. The number of pyridine rings is 1. The lowest BCUT2D eigenvalue weighted by Crippen LogP contribution is -2.37. The zero-order valence-corrected chi connectivity index (χ0v) is 11.7. The molecule has 2 heterocycles. The maximum Gasteiger partial charge on any atom is 0.129 e. The Kier molecular flexibility index (Phi) is 4.14. The third-order valence-electron chi connectivity index (χ3n) is 3.32. The normalized spacial score (nSPS) is 16.6. The molecule has 1 saturated heterocycles. The lowest BCUT2D eigenvalue weighted by Gasteiger charge is -2.32. The maximum atomic E-state index is 5.70. The summed E-state index contributed by atoms with van der Waals surface area (Å²) < 4.78 is 5.38. The Labute approximate surface area is 113 Å². The summed E-state index contributed by atoms with van der Waals surface area (Å²) in [5.41, 5.74) is 7.52. The van der Waals surface area contributed by atoms with E-state index in [0.29, 0.717) is 11.0 Å². The van der Waals surface area contributed by atoms with Crippen LogP contribution in [0.25, 0.3) is 0 Å². The average Bonchev–Trinajstić information content (AvgIpc) is 2.38. The second-order valence-corrected chi connectivity index (χ2v) is 5.11. The highest BCUT2D eigenvalue weighted by molar-refractivity contribution is 7.80. The molecule has 1 fully saturated rings. The molecule has 18 heavy (non-hydrogen) atoms. The van der Waals surface area contributed by atoms with Crippen LogP contribution in [-0.2, 0) is 4.74 Å². The van der Waals surface area contributed by atoms with Crippen LogP contribution in [0.2, 0.25) is 0 Å². The molecule has 98 valence electrons. The van der Waals surface area contributed by atoms with E-state index < -0.39 is 0 Å². The quantitative estimate of drug-likeness (QED) is 0.842. The van der Waals surface area contributed by atoms with E-state index >= 15 is 0 Å². The highest BCUT2D eigenvalue weighted by Crippen LogP contribution is 2.21. The summed E-state index contributed by atoms with van der Waals surface area (Å²) in [4.78, 5) is 7.19. The van der Waals surface area contributed by atoms with Gasteiger partial charge < -0.3 is 15.4 Å². The summed E-state index contributed by atoms with van der Waals surface area (Å²) in [6.45, 7) is 3.61. The molecule has 0 spiro atoms. The van der Waals surface area contributed by atoms with Crippen molar-refractivity contribution in [3.8, 4) is 0 Å². The maximum absolute atomic E-state index is 5.70. The number of aromatic nitrogens is 1. The average molecular weight is 265 g/mol. The van der Waals surface area contributed by atoms with Crippen molar-refractivity contribution in [2.24, 2.45) is 5.73 Å². The van der Waals surface area contributed by atoms with Crippen molar-refractivity contribution in [2.45, 2.75) is 25.8 Å². The number of thiocarbonyl (C=S) groups is 1. The number of nitrogens with two attached hydrogens (primary N) is 1. The Bertz CT molecular complexity index is 444. The van der Waals surface area contributed by atoms with Gasteiger partial charge in [0.1, 0.15) is 10.8 Å². The van der Waals surface area contributed by atoms with Crippen LogP contribution < -0.4 is 10.6 Å². The molecule has 0 atom stereocenters. The summed E-state index contributed by atoms with van der Waals surface area (Å²) >= 11 is 5.04. The Morgan fingerprint density at radius 2 is 2.11 bits per heavy atom. The molecule has 2 rings (SSSR count). The van der Waals surface area contributed by atoms with Crippen molar-refractivity contribution in [1.29, 1.82) is 0 Å². The van der Waals surface area contributed by atoms with E-state index in [-0.39, 0.29) is 0 Å². The van der Waals surface area contributed by atoms with E-state index in [9.17, 15) is 0 Å². The van der Waals surface area contributed by atoms with E-state index in [0.717, 1.165) is 43.1 Å². The Balaban J connectivity index is 2.23. The molecule has 0 radical (unpaired) electrons. The fourth-order valence-electron chi connectivity index (χ4n) is 2.23. The molecular formula is C13H19N3OS. The number of ether oxygens (including phenoxy) is 1. The minimum atomic E-state index is 0.419.